The van der Waals surface area contributed by atoms with E-state index in [0.717, 1.165) is 32.2 Å². The van der Waals surface area contributed by atoms with Gasteiger partial charge in [-0.25, -0.2) is 0 Å². The predicted molar refractivity (Wildman–Crippen MR) is 99.1 cm³/mol. The molecule has 2 aliphatic carbocycles. The summed E-state index contributed by atoms with van der Waals surface area (Å²) in [5, 5.41) is 14.7. The van der Waals surface area contributed by atoms with Crippen LogP contribution in [-0.2, 0) is 9.53 Å². The van der Waals surface area contributed by atoms with E-state index in [-0.39, 0.29) is 29.3 Å². The molecule has 6 atom stereocenters. The maximum absolute atomic E-state index is 12.5. The largest absolute Gasteiger partial charge is 0.461 e. The van der Waals surface area contributed by atoms with Gasteiger partial charge in [0.2, 0.25) is 0 Å². The molecule has 0 bridgehead atoms. The van der Waals surface area contributed by atoms with Crippen molar-refractivity contribution < 1.29 is 14.6 Å². The van der Waals surface area contributed by atoms with Crippen LogP contribution in [0.25, 0.3) is 0 Å². The first-order valence-corrected chi connectivity index (χ1v) is 10.3. The summed E-state index contributed by atoms with van der Waals surface area (Å²) in [5.41, 5.74) is 1.10. The topological polar surface area (TPSA) is 58.6 Å². The lowest BCUT2D eigenvalue weighted by atomic mass is 9.55. The van der Waals surface area contributed by atoms with Crippen molar-refractivity contribution in [3.63, 3.8) is 0 Å². The molecule has 0 radical (unpaired) electrons. The van der Waals surface area contributed by atoms with Crippen LogP contribution in [0.1, 0.15) is 65.7 Å². The fraction of sp³-hybridized carbons (Fsp3) is 0.857. The highest BCUT2D eigenvalue weighted by atomic mass is 16.6. The molecule has 1 aliphatic heterocycles. The lowest BCUT2D eigenvalue weighted by Gasteiger charge is -2.51. The lowest BCUT2D eigenvalue weighted by molar-refractivity contribution is -0.144. The zero-order valence-corrected chi connectivity index (χ0v) is 16.1. The van der Waals surface area contributed by atoms with Crippen LogP contribution in [0.5, 0.6) is 0 Å². The summed E-state index contributed by atoms with van der Waals surface area (Å²) in [5.74, 6) is 0.0458. The molecule has 1 heterocycles. The normalized spacial score (nSPS) is 40.2. The fourth-order valence-electron chi connectivity index (χ4n) is 5.23. The second-order valence-electron chi connectivity index (χ2n) is 8.56. The molecule has 0 aromatic rings. The molecule has 0 aromatic heterocycles. The van der Waals surface area contributed by atoms with Crippen LogP contribution in [0.2, 0.25) is 0 Å². The SMILES string of the molecule is CCCCCCNC[C@@H]1C(=O)O[C@H]2CC3=CCC[C@@H](C)[C@]3(C)[C@H](O)[C@@H]21. The summed E-state index contributed by atoms with van der Waals surface area (Å²) in [6.07, 6.45) is 9.53. The molecule has 3 aliphatic rings. The minimum atomic E-state index is -0.494. The third-order valence-corrected chi connectivity index (χ3v) is 7.14. The van der Waals surface area contributed by atoms with Crippen molar-refractivity contribution in [1.82, 2.24) is 5.32 Å². The van der Waals surface area contributed by atoms with E-state index in [0.29, 0.717) is 12.5 Å². The number of aliphatic hydroxyl groups excluding tert-OH is 1. The quantitative estimate of drug-likeness (QED) is 0.420. The van der Waals surface area contributed by atoms with Gasteiger partial charge in [-0.05, 0) is 31.7 Å². The van der Waals surface area contributed by atoms with Crippen LogP contribution in [0.15, 0.2) is 11.6 Å². The van der Waals surface area contributed by atoms with E-state index in [1.54, 1.807) is 0 Å². The first kappa shape index (κ1) is 18.9. The summed E-state index contributed by atoms with van der Waals surface area (Å²) in [7, 11) is 0. The fourth-order valence-corrected chi connectivity index (χ4v) is 5.23. The molecule has 4 nitrogen and oxygen atoms in total. The molecule has 0 amide bonds. The smallest absolute Gasteiger partial charge is 0.311 e. The molecule has 2 fully saturated rings. The number of carbonyl (C=O) groups is 1. The highest BCUT2D eigenvalue weighted by molar-refractivity contribution is 5.76. The predicted octanol–water partition coefficient (Wildman–Crippen LogP) is 3.44. The van der Waals surface area contributed by atoms with Crippen LogP contribution in [0.4, 0.5) is 0 Å². The van der Waals surface area contributed by atoms with Crippen LogP contribution < -0.4 is 5.32 Å². The highest BCUT2D eigenvalue weighted by Crippen LogP contribution is 2.55. The van der Waals surface area contributed by atoms with Gasteiger partial charge in [-0.15, -0.1) is 0 Å². The summed E-state index contributed by atoms with van der Waals surface area (Å²) in [4.78, 5) is 12.5. The van der Waals surface area contributed by atoms with Gasteiger partial charge in [0.1, 0.15) is 6.10 Å². The van der Waals surface area contributed by atoms with Crippen molar-refractivity contribution in [2.24, 2.45) is 23.2 Å². The molecule has 1 saturated carbocycles. The van der Waals surface area contributed by atoms with E-state index < -0.39 is 6.10 Å². The van der Waals surface area contributed by atoms with E-state index in [1.165, 1.54) is 24.8 Å². The second-order valence-corrected chi connectivity index (χ2v) is 8.56. The zero-order chi connectivity index (χ0) is 18.0. The number of esters is 1. The molecule has 0 unspecified atom stereocenters. The summed E-state index contributed by atoms with van der Waals surface area (Å²) >= 11 is 0. The molecule has 3 rings (SSSR count). The van der Waals surface area contributed by atoms with Gasteiger partial charge < -0.3 is 15.2 Å². The van der Waals surface area contributed by atoms with Crippen molar-refractivity contribution in [1.29, 1.82) is 0 Å². The zero-order valence-electron chi connectivity index (χ0n) is 16.1. The number of hydrogen-bond acceptors (Lipinski definition) is 4. The average Bonchev–Trinajstić information content (AvgIpc) is 2.89. The Hall–Kier alpha value is -0.870. The number of rotatable bonds is 7. The number of fused-ring (bicyclic) bond motifs is 2. The van der Waals surface area contributed by atoms with Crippen LogP contribution in [0, 0.1) is 23.2 Å². The first-order chi connectivity index (χ1) is 12.0. The van der Waals surface area contributed by atoms with Gasteiger partial charge in [-0.2, -0.15) is 0 Å². The Balaban J connectivity index is 1.66. The number of hydrogen-bond donors (Lipinski definition) is 2. The van der Waals surface area contributed by atoms with Gasteiger partial charge in [-0.1, -0.05) is 51.7 Å². The minimum Gasteiger partial charge on any atom is -0.461 e. The Morgan fingerprint density at radius 1 is 1.36 bits per heavy atom. The van der Waals surface area contributed by atoms with Crippen LogP contribution in [-0.4, -0.2) is 36.4 Å². The minimum absolute atomic E-state index is 0.0710. The first-order valence-electron chi connectivity index (χ1n) is 10.3. The molecule has 2 N–H and O–H groups in total. The number of aliphatic hydroxyl groups is 1. The van der Waals surface area contributed by atoms with Gasteiger partial charge in [0.15, 0.2) is 0 Å². The van der Waals surface area contributed by atoms with Crippen molar-refractivity contribution >= 4 is 5.97 Å². The Morgan fingerprint density at radius 3 is 2.92 bits per heavy atom. The average molecular weight is 350 g/mol. The van der Waals surface area contributed by atoms with Crippen molar-refractivity contribution in [2.45, 2.75) is 77.9 Å². The summed E-state index contributed by atoms with van der Waals surface area (Å²) in [6, 6.07) is 0. The van der Waals surface area contributed by atoms with Crippen LogP contribution in [0.3, 0.4) is 0 Å². The second kappa shape index (κ2) is 7.79. The summed E-state index contributed by atoms with van der Waals surface area (Å²) < 4.78 is 5.69. The van der Waals surface area contributed by atoms with Crippen molar-refractivity contribution in [2.75, 3.05) is 13.1 Å². The van der Waals surface area contributed by atoms with Crippen molar-refractivity contribution in [3.05, 3.63) is 11.6 Å². The summed E-state index contributed by atoms with van der Waals surface area (Å²) in [6.45, 7) is 8.22. The Labute approximate surface area is 152 Å². The van der Waals surface area contributed by atoms with Gasteiger partial charge in [0.25, 0.3) is 0 Å². The number of ether oxygens (including phenoxy) is 1. The maximum Gasteiger partial charge on any atom is 0.311 e. The van der Waals surface area contributed by atoms with E-state index >= 15 is 0 Å². The van der Waals surface area contributed by atoms with Gasteiger partial charge in [0.05, 0.1) is 12.0 Å². The third kappa shape index (κ3) is 3.40. The number of carbonyl (C=O) groups excluding carboxylic acids is 1. The van der Waals surface area contributed by atoms with E-state index in [9.17, 15) is 9.90 Å². The Kier molecular flexibility index (Phi) is 5.89. The molecule has 0 spiro atoms. The molecular weight excluding hydrogens is 314 g/mol. The molecule has 1 saturated heterocycles. The number of unbranched alkanes of at least 4 members (excludes halogenated alkanes) is 3. The van der Waals surface area contributed by atoms with E-state index in [4.69, 9.17) is 4.74 Å². The number of nitrogens with one attached hydrogen (secondary N) is 1. The Morgan fingerprint density at radius 2 is 2.16 bits per heavy atom. The molecule has 25 heavy (non-hydrogen) atoms. The van der Waals surface area contributed by atoms with Crippen LogP contribution >= 0.6 is 0 Å². The highest BCUT2D eigenvalue weighted by Gasteiger charge is 2.59. The molecule has 4 heteroatoms. The monoisotopic (exact) mass is 349 g/mol. The van der Waals surface area contributed by atoms with Gasteiger partial charge in [-0.3, -0.25) is 4.79 Å². The third-order valence-electron chi connectivity index (χ3n) is 7.14. The van der Waals surface area contributed by atoms with E-state index in [1.807, 2.05) is 0 Å². The molecule has 0 aromatic carbocycles. The maximum atomic E-state index is 12.5. The number of allylic oxidation sites excluding steroid dienone is 1. The van der Waals surface area contributed by atoms with Crippen molar-refractivity contribution in [3.8, 4) is 0 Å². The lowest BCUT2D eigenvalue weighted by Crippen LogP contribution is -2.54. The standard InChI is InChI=1S/C21H35NO3/c1-4-5-6-7-11-22-13-16-18-17(25-20(16)24)12-15-10-8-9-14(2)21(15,3)19(18)23/h10,14,16-19,22-23H,4-9,11-13H2,1-3H3/t14-,16+,17+,18-,19-,21+/m1/s1. The van der Waals surface area contributed by atoms with Gasteiger partial charge >= 0.3 is 5.97 Å². The van der Waals surface area contributed by atoms with Gasteiger partial charge in [0, 0.05) is 24.3 Å². The molecular formula is C21H35NO3. The Bertz CT molecular complexity index is 517. The molecule has 142 valence electrons. The van der Waals surface area contributed by atoms with E-state index in [2.05, 4.69) is 32.2 Å².